The van der Waals surface area contributed by atoms with Crippen molar-refractivity contribution in [1.29, 1.82) is 0 Å². The molecule has 11 heteroatoms. The summed E-state index contributed by atoms with van der Waals surface area (Å²) in [5.74, 6) is 1.86. The second-order valence-electron chi connectivity index (χ2n) is 9.29. The van der Waals surface area contributed by atoms with Gasteiger partial charge < -0.3 is 19.2 Å². The van der Waals surface area contributed by atoms with E-state index in [1.54, 1.807) is 29.2 Å². The molecular weight excluding hydrogens is 516 g/mol. The third-order valence-corrected chi connectivity index (χ3v) is 7.67. The van der Waals surface area contributed by atoms with Crippen molar-refractivity contribution in [2.24, 2.45) is 0 Å². The lowest BCUT2D eigenvalue weighted by molar-refractivity contribution is 0.172. The highest BCUT2D eigenvalue weighted by Gasteiger charge is 2.31. The minimum atomic E-state index is -0.513. The Morgan fingerprint density at radius 1 is 1.13 bits per heavy atom. The molecule has 0 spiro atoms. The van der Waals surface area contributed by atoms with Crippen LogP contribution in [0.15, 0.2) is 70.8 Å². The molecule has 6 rings (SSSR count). The van der Waals surface area contributed by atoms with Gasteiger partial charge in [-0.05, 0) is 46.0 Å². The zero-order valence-corrected chi connectivity index (χ0v) is 22.3. The minimum absolute atomic E-state index is 0.160. The number of pyridine rings is 1. The summed E-state index contributed by atoms with van der Waals surface area (Å²) in [6.45, 7) is 2.38. The normalized spacial score (nSPS) is 13.4. The van der Waals surface area contributed by atoms with Crippen molar-refractivity contribution in [3.8, 4) is 11.5 Å². The highest BCUT2D eigenvalue weighted by molar-refractivity contribution is 7.09. The molecule has 1 aliphatic rings. The number of benzene rings is 2. The van der Waals surface area contributed by atoms with Gasteiger partial charge in [0.1, 0.15) is 6.04 Å². The zero-order valence-electron chi connectivity index (χ0n) is 21.4. The van der Waals surface area contributed by atoms with Crippen molar-refractivity contribution in [3.63, 3.8) is 0 Å². The Hall–Kier alpha value is -4.06. The Kier molecular flexibility index (Phi) is 7.35. The van der Waals surface area contributed by atoms with E-state index in [9.17, 15) is 4.79 Å². The second-order valence-corrected chi connectivity index (χ2v) is 10.3. The van der Waals surface area contributed by atoms with Gasteiger partial charge in [0.2, 0.25) is 6.79 Å². The predicted octanol–water partition coefficient (Wildman–Crippen LogP) is 3.79. The van der Waals surface area contributed by atoms with E-state index in [1.165, 1.54) is 10.4 Å². The molecule has 0 fully saturated rings. The number of fused-ring (bicyclic) bond motifs is 2. The molecule has 4 heterocycles. The van der Waals surface area contributed by atoms with Gasteiger partial charge in [-0.25, -0.2) is 4.68 Å². The fraction of sp³-hybridized carbons (Fsp3) is 0.286. The maximum Gasteiger partial charge on any atom is 0.253 e. The second kappa shape index (κ2) is 11.4. The van der Waals surface area contributed by atoms with Crippen LogP contribution < -0.4 is 15.0 Å². The molecule has 39 heavy (non-hydrogen) atoms. The summed E-state index contributed by atoms with van der Waals surface area (Å²) in [4.78, 5) is 20.2. The number of hydrogen-bond acceptors (Lipinski definition) is 9. The van der Waals surface area contributed by atoms with Crippen LogP contribution in [0.25, 0.3) is 10.9 Å². The molecule has 0 amide bonds. The lowest BCUT2D eigenvalue weighted by Gasteiger charge is -2.30. The molecule has 5 aromatic rings. The molecule has 0 saturated carbocycles. The number of aromatic nitrogens is 5. The highest BCUT2D eigenvalue weighted by Crippen LogP contribution is 2.36. The van der Waals surface area contributed by atoms with E-state index in [0.29, 0.717) is 54.6 Å². The quantitative estimate of drug-likeness (QED) is 0.268. The van der Waals surface area contributed by atoms with Gasteiger partial charge in [-0.2, -0.15) is 0 Å². The summed E-state index contributed by atoms with van der Waals surface area (Å²) in [5.41, 5.74) is 2.24. The molecular formula is C28H28N6O4S. The van der Waals surface area contributed by atoms with Crippen LogP contribution in [-0.2, 0) is 24.2 Å². The van der Waals surface area contributed by atoms with Crippen molar-refractivity contribution in [1.82, 2.24) is 30.1 Å². The van der Waals surface area contributed by atoms with Crippen molar-refractivity contribution < 1.29 is 14.2 Å². The molecule has 0 unspecified atom stereocenters. The predicted molar refractivity (Wildman–Crippen MR) is 147 cm³/mol. The highest BCUT2D eigenvalue weighted by atomic mass is 32.1. The average molecular weight is 545 g/mol. The van der Waals surface area contributed by atoms with Crippen LogP contribution in [0.1, 0.15) is 27.9 Å². The molecule has 1 aliphatic heterocycles. The van der Waals surface area contributed by atoms with Gasteiger partial charge in [-0.3, -0.25) is 9.69 Å². The molecule has 0 aliphatic carbocycles. The molecule has 0 saturated heterocycles. The van der Waals surface area contributed by atoms with Gasteiger partial charge in [0.15, 0.2) is 17.3 Å². The van der Waals surface area contributed by atoms with Crippen molar-refractivity contribution in [2.75, 3.05) is 27.1 Å². The molecule has 200 valence electrons. The third-order valence-electron chi connectivity index (χ3n) is 6.81. The summed E-state index contributed by atoms with van der Waals surface area (Å²) in [6.07, 6.45) is 0.798. The maximum absolute atomic E-state index is 13.7. The topological polar surface area (TPSA) is 107 Å². The Bertz CT molecular complexity index is 1600. The first-order valence-electron chi connectivity index (χ1n) is 12.7. The number of methoxy groups -OCH3 is 1. The van der Waals surface area contributed by atoms with E-state index in [4.69, 9.17) is 14.2 Å². The van der Waals surface area contributed by atoms with Crippen LogP contribution in [0.4, 0.5) is 0 Å². The SMILES string of the molecule is COCCn1nnnc1[C@H](c1cc2cc3c(cc2[nH]c1=O)OCO3)N(CCc1ccccc1)Cc1cccs1. The van der Waals surface area contributed by atoms with Gasteiger partial charge >= 0.3 is 0 Å². The fourth-order valence-corrected chi connectivity index (χ4v) is 5.61. The van der Waals surface area contributed by atoms with Gasteiger partial charge in [0.25, 0.3) is 5.56 Å². The lowest BCUT2D eigenvalue weighted by atomic mass is 10.0. The molecule has 3 aromatic heterocycles. The van der Waals surface area contributed by atoms with Crippen LogP contribution in [0.5, 0.6) is 11.5 Å². The van der Waals surface area contributed by atoms with Crippen LogP contribution in [0.2, 0.25) is 0 Å². The van der Waals surface area contributed by atoms with E-state index in [1.807, 2.05) is 36.4 Å². The van der Waals surface area contributed by atoms with Gasteiger partial charge in [0.05, 0.1) is 18.7 Å². The van der Waals surface area contributed by atoms with Crippen molar-refractivity contribution in [3.05, 3.63) is 98.2 Å². The minimum Gasteiger partial charge on any atom is -0.454 e. The average Bonchev–Trinajstić information content (AvgIpc) is 3.73. The first-order valence-corrected chi connectivity index (χ1v) is 13.6. The van der Waals surface area contributed by atoms with E-state index < -0.39 is 6.04 Å². The van der Waals surface area contributed by atoms with E-state index in [2.05, 4.69) is 49.0 Å². The first-order chi connectivity index (χ1) is 19.2. The molecule has 1 atom stereocenters. The molecule has 10 nitrogen and oxygen atoms in total. The van der Waals surface area contributed by atoms with Gasteiger partial charge in [0, 0.05) is 42.1 Å². The molecule has 0 bridgehead atoms. The number of rotatable bonds is 11. The summed E-state index contributed by atoms with van der Waals surface area (Å²) >= 11 is 1.68. The lowest BCUT2D eigenvalue weighted by Crippen LogP contribution is -2.36. The van der Waals surface area contributed by atoms with Crippen LogP contribution in [0, 0.1) is 0 Å². The number of nitrogens with zero attached hydrogens (tertiary/aromatic N) is 5. The Balaban J connectivity index is 1.47. The number of hydrogen-bond donors (Lipinski definition) is 1. The number of aromatic amines is 1. The maximum atomic E-state index is 13.7. The standard InChI is InChI=1S/C28H28N6O4S/c1-36-12-11-34-27(30-31-32-34)26(22-14-20-15-24-25(38-18-37-24)16-23(20)29-28(22)35)33(17-21-8-5-13-39-21)10-9-19-6-3-2-4-7-19/h2-8,13-16,26H,9-12,17-18H2,1H3,(H,29,35)/t26-/m0/s1. The molecule has 0 radical (unpaired) electrons. The van der Waals surface area contributed by atoms with E-state index in [-0.39, 0.29) is 12.4 Å². The van der Waals surface area contributed by atoms with Crippen LogP contribution >= 0.6 is 11.3 Å². The molecule has 1 N–H and O–H groups in total. The summed E-state index contributed by atoms with van der Waals surface area (Å²) in [6, 6.07) is 19.6. The fourth-order valence-electron chi connectivity index (χ4n) is 4.88. The van der Waals surface area contributed by atoms with Crippen molar-refractivity contribution >= 4 is 22.2 Å². The van der Waals surface area contributed by atoms with Crippen LogP contribution in [-0.4, -0.2) is 57.1 Å². The Morgan fingerprint density at radius 3 is 2.77 bits per heavy atom. The van der Waals surface area contributed by atoms with Crippen molar-refractivity contribution in [2.45, 2.75) is 25.6 Å². The number of H-pyrrole nitrogens is 1. The zero-order chi connectivity index (χ0) is 26.6. The van der Waals surface area contributed by atoms with E-state index >= 15 is 0 Å². The number of nitrogens with one attached hydrogen (secondary N) is 1. The smallest absolute Gasteiger partial charge is 0.253 e. The monoisotopic (exact) mass is 544 g/mol. The molecule has 2 aromatic carbocycles. The van der Waals surface area contributed by atoms with Crippen LogP contribution in [0.3, 0.4) is 0 Å². The summed E-state index contributed by atoms with van der Waals surface area (Å²) in [5, 5.41) is 15.6. The van der Waals surface area contributed by atoms with E-state index in [0.717, 1.165) is 11.8 Å². The summed E-state index contributed by atoms with van der Waals surface area (Å²) in [7, 11) is 1.64. The van der Waals surface area contributed by atoms with Gasteiger partial charge in [-0.15, -0.1) is 16.4 Å². The number of ether oxygens (including phenoxy) is 3. The first kappa shape index (κ1) is 25.2. The number of thiophene rings is 1. The number of tetrazole rings is 1. The largest absolute Gasteiger partial charge is 0.454 e. The van der Waals surface area contributed by atoms with Gasteiger partial charge in [-0.1, -0.05) is 36.4 Å². The Labute approximate surface area is 228 Å². The Morgan fingerprint density at radius 2 is 1.97 bits per heavy atom. The summed E-state index contributed by atoms with van der Waals surface area (Å²) < 4.78 is 18.2. The third kappa shape index (κ3) is 5.42.